The van der Waals surface area contributed by atoms with Crippen molar-refractivity contribution in [3.05, 3.63) is 56.5 Å². The van der Waals surface area contributed by atoms with Gasteiger partial charge in [-0.25, -0.2) is 0 Å². The van der Waals surface area contributed by atoms with Crippen molar-refractivity contribution in [2.24, 2.45) is 0 Å². The lowest BCUT2D eigenvalue weighted by molar-refractivity contribution is 0.200. The number of ether oxygens (including phenoxy) is 2. The van der Waals surface area contributed by atoms with E-state index in [0.717, 1.165) is 20.1 Å². The number of hydrogen-bond donors (Lipinski definition) is 2. The van der Waals surface area contributed by atoms with Crippen LogP contribution in [0.25, 0.3) is 0 Å². The molecule has 0 spiro atoms. The molecule has 0 saturated heterocycles. The Morgan fingerprint density at radius 2 is 1.20 bits per heavy atom. The van der Waals surface area contributed by atoms with E-state index in [1.807, 2.05) is 36.4 Å². The van der Waals surface area contributed by atoms with Crippen molar-refractivity contribution in [1.82, 2.24) is 0 Å². The van der Waals surface area contributed by atoms with Gasteiger partial charge >= 0.3 is 0 Å². The molecule has 0 amide bonds. The zero-order chi connectivity index (χ0) is 18.4. The fourth-order valence-electron chi connectivity index (χ4n) is 2.49. The molecule has 0 aliphatic carbocycles. The lowest BCUT2D eigenvalue weighted by Crippen LogP contribution is -2.19. The fraction of sp³-hybridized carbons (Fsp3) is 0.368. The number of aliphatic hydroxyl groups is 2. The molecular weight excluding hydrogens is 452 g/mol. The van der Waals surface area contributed by atoms with Crippen molar-refractivity contribution in [2.45, 2.75) is 19.3 Å². The van der Waals surface area contributed by atoms with E-state index in [9.17, 15) is 0 Å². The maximum absolute atomic E-state index is 8.88. The molecule has 0 heterocycles. The first-order valence-electron chi connectivity index (χ1n) is 7.97. The zero-order valence-electron chi connectivity index (χ0n) is 14.3. The maximum Gasteiger partial charge on any atom is 0.133 e. The summed E-state index contributed by atoms with van der Waals surface area (Å²) in [6, 6.07) is 12.0. The summed E-state index contributed by atoms with van der Waals surface area (Å²) in [5.41, 5.74) is 2.04. The van der Waals surface area contributed by atoms with Crippen molar-refractivity contribution >= 4 is 31.9 Å². The number of rotatable bonds is 8. The Hall–Kier alpha value is -1.08. The predicted octanol–water partition coefficient (Wildman–Crippen LogP) is 4.28. The van der Waals surface area contributed by atoms with E-state index in [1.54, 1.807) is 0 Å². The minimum atomic E-state index is -0.226. The number of aliphatic hydroxyl groups excluding tert-OH is 2. The van der Waals surface area contributed by atoms with Crippen molar-refractivity contribution in [3.8, 4) is 11.5 Å². The highest BCUT2D eigenvalue weighted by Gasteiger charge is 2.25. The molecule has 0 aliphatic heterocycles. The average Bonchev–Trinajstić information content (AvgIpc) is 2.59. The molecule has 0 aromatic heterocycles. The van der Waals surface area contributed by atoms with E-state index in [4.69, 9.17) is 19.7 Å². The van der Waals surface area contributed by atoms with Gasteiger partial charge in [0.15, 0.2) is 0 Å². The van der Waals surface area contributed by atoms with Gasteiger partial charge in [0, 0.05) is 5.41 Å². The Morgan fingerprint density at radius 3 is 1.52 bits per heavy atom. The monoisotopic (exact) mass is 472 g/mol. The quantitative estimate of drug-likeness (QED) is 0.600. The Bertz CT molecular complexity index is 657. The SMILES string of the molecule is CC(C)(c1ccc(OCCO)c(Br)c1)c1ccc(OCCO)c(Br)c1. The van der Waals surface area contributed by atoms with Crippen LogP contribution in [0, 0.1) is 0 Å². The minimum absolute atomic E-state index is 0.0155. The van der Waals surface area contributed by atoms with E-state index in [2.05, 4.69) is 45.7 Å². The van der Waals surface area contributed by atoms with Gasteiger partial charge in [-0.3, -0.25) is 0 Å². The molecule has 6 heteroatoms. The second-order valence-electron chi connectivity index (χ2n) is 6.06. The smallest absolute Gasteiger partial charge is 0.133 e. The first-order chi connectivity index (χ1) is 11.9. The molecule has 25 heavy (non-hydrogen) atoms. The van der Waals surface area contributed by atoms with Crippen LogP contribution in [0.3, 0.4) is 0 Å². The van der Waals surface area contributed by atoms with Crippen LogP contribution >= 0.6 is 31.9 Å². The van der Waals surface area contributed by atoms with E-state index in [-0.39, 0.29) is 31.8 Å². The van der Waals surface area contributed by atoms with E-state index in [1.165, 1.54) is 0 Å². The molecule has 0 radical (unpaired) electrons. The van der Waals surface area contributed by atoms with Crippen molar-refractivity contribution in [3.63, 3.8) is 0 Å². The van der Waals surface area contributed by atoms with Gasteiger partial charge in [-0.1, -0.05) is 26.0 Å². The molecule has 2 aromatic carbocycles. The Labute approximate surface area is 165 Å². The summed E-state index contributed by atoms with van der Waals surface area (Å²) >= 11 is 7.07. The molecule has 0 fully saturated rings. The summed E-state index contributed by atoms with van der Waals surface area (Å²) < 4.78 is 12.7. The van der Waals surface area contributed by atoms with Gasteiger partial charge in [0.1, 0.15) is 24.7 Å². The van der Waals surface area contributed by atoms with Crippen LogP contribution in [-0.2, 0) is 5.41 Å². The third-order valence-corrected chi connectivity index (χ3v) is 5.24. The highest BCUT2D eigenvalue weighted by Crippen LogP contribution is 2.38. The predicted molar refractivity (Wildman–Crippen MR) is 106 cm³/mol. The number of benzene rings is 2. The van der Waals surface area contributed by atoms with Crippen LogP contribution in [0.1, 0.15) is 25.0 Å². The van der Waals surface area contributed by atoms with Gasteiger partial charge in [0.05, 0.1) is 22.2 Å². The standard InChI is InChI=1S/C19H22Br2O4/c1-19(2,13-3-5-17(15(20)11-13)24-9-7-22)14-4-6-18(16(21)12-14)25-10-8-23/h3-6,11-12,22-23H,7-10H2,1-2H3. The Morgan fingerprint density at radius 1 is 0.800 bits per heavy atom. The molecule has 136 valence electrons. The lowest BCUT2D eigenvalue weighted by atomic mass is 9.78. The van der Waals surface area contributed by atoms with E-state index in [0.29, 0.717) is 11.5 Å². The summed E-state index contributed by atoms with van der Waals surface area (Å²) in [7, 11) is 0. The van der Waals surface area contributed by atoms with Gasteiger partial charge in [0.25, 0.3) is 0 Å². The number of hydrogen-bond acceptors (Lipinski definition) is 4. The van der Waals surface area contributed by atoms with Crippen molar-refractivity contribution in [2.75, 3.05) is 26.4 Å². The minimum Gasteiger partial charge on any atom is -0.490 e. The molecule has 0 atom stereocenters. The van der Waals surface area contributed by atoms with Crippen LogP contribution in [0.15, 0.2) is 45.3 Å². The molecule has 0 unspecified atom stereocenters. The van der Waals surface area contributed by atoms with Crippen LogP contribution < -0.4 is 9.47 Å². The van der Waals surface area contributed by atoms with E-state index < -0.39 is 0 Å². The summed E-state index contributed by atoms with van der Waals surface area (Å²) in [6.45, 7) is 4.81. The van der Waals surface area contributed by atoms with Gasteiger partial charge in [0.2, 0.25) is 0 Å². The first-order valence-corrected chi connectivity index (χ1v) is 9.56. The average molecular weight is 474 g/mol. The molecule has 0 aliphatic rings. The molecular formula is C19H22Br2O4. The molecule has 2 N–H and O–H groups in total. The summed E-state index contributed by atoms with van der Waals surface area (Å²) in [6.07, 6.45) is 0. The van der Waals surface area contributed by atoms with Gasteiger partial charge < -0.3 is 19.7 Å². The highest BCUT2D eigenvalue weighted by molar-refractivity contribution is 9.10. The largest absolute Gasteiger partial charge is 0.490 e. The Balaban J connectivity index is 2.28. The van der Waals surface area contributed by atoms with Crippen molar-refractivity contribution < 1.29 is 19.7 Å². The lowest BCUT2D eigenvalue weighted by Gasteiger charge is -2.27. The second-order valence-corrected chi connectivity index (χ2v) is 7.77. The maximum atomic E-state index is 8.88. The number of halogens is 2. The summed E-state index contributed by atoms with van der Waals surface area (Å²) in [5, 5.41) is 17.8. The van der Waals surface area contributed by atoms with Crippen molar-refractivity contribution in [1.29, 1.82) is 0 Å². The molecule has 2 aromatic rings. The first kappa shape index (κ1) is 20.2. The summed E-state index contributed by atoms with van der Waals surface area (Å²) in [4.78, 5) is 0. The zero-order valence-corrected chi connectivity index (χ0v) is 17.4. The molecule has 0 bridgehead atoms. The normalized spacial score (nSPS) is 11.4. The molecule has 0 saturated carbocycles. The van der Waals surface area contributed by atoms with Gasteiger partial charge in [-0.15, -0.1) is 0 Å². The second kappa shape index (κ2) is 9.03. The van der Waals surface area contributed by atoms with Gasteiger partial charge in [-0.2, -0.15) is 0 Å². The van der Waals surface area contributed by atoms with Gasteiger partial charge in [-0.05, 0) is 67.3 Å². The highest BCUT2D eigenvalue weighted by atomic mass is 79.9. The third kappa shape index (κ3) is 4.97. The molecule has 2 rings (SSSR count). The topological polar surface area (TPSA) is 58.9 Å². The fourth-order valence-corrected chi connectivity index (χ4v) is 3.48. The van der Waals surface area contributed by atoms with E-state index >= 15 is 0 Å². The van der Waals surface area contributed by atoms with Crippen LogP contribution in [0.2, 0.25) is 0 Å². The molecule has 4 nitrogen and oxygen atoms in total. The van der Waals surface area contributed by atoms with Crippen LogP contribution in [-0.4, -0.2) is 36.6 Å². The van der Waals surface area contributed by atoms with Crippen LogP contribution in [0.5, 0.6) is 11.5 Å². The van der Waals surface area contributed by atoms with Crippen LogP contribution in [0.4, 0.5) is 0 Å². The third-order valence-electron chi connectivity index (χ3n) is 4.00. The summed E-state index contributed by atoms with van der Waals surface area (Å²) in [5.74, 6) is 1.42. The Kier molecular flexibility index (Phi) is 7.31.